The number of likely N-dealkylation sites (tertiary alicyclic amines) is 1. The number of esters is 1. The third-order valence-corrected chi connectivity index (χ3v) is 4.81. The third kappa shape index (κ3) is 1.65. The second-order valence-electron chi connectivity index (χ2n) is 5.88. The lowest BCUT2D eigenvalue weighted by Gasteiger charge is -2.26. The summed E-state index contributed by atoms with van der Waals surface area (Å²) in [5.41, 5.74) is -0.609. The smallest absolute Gasteiger partial charge is 0.312 e. The molecule has 0 aromatic heterocycles. The van der Waals surface area contributed by atoms with Gasteiger partial charge in [0.05, 0.1) is 25.2 Å². The van der Waals surface area contributed by atoms with Gasteiger partial charge in [0.15, 0.2) is 0 Å². The standard InChI is InChI=1S/C15H21NO4/c1-4-9(3)16-8-15-7-6-10(20-15)11(12(15)13(16)17)14(18)19-5-2/h6-7,9-12H,4-5,8H2,1-3H3. The van der Waals surface area contributed by atoms with Crippen LogP contribution in [0.2, 0.25) is 0 Å². The summed E-state index contributed by atoms with van der Waals surface area (Å²) in [6.45, 7) is 6.74. The maximum atomic E-state index is 12.7. The zero-order chi connectivity index (χ0) is 14.5. The highest BCUT2D eigenvalue weighted by atomic mass is 16.6. The molecule has 0 radical (unpaired) electrons. The van der Waals surface area contributed by atoms with Crippen molar-refractivity contribution in [3.63, 3.8) is 0 Å². The maximum absolute atomic E-state index is 12.7. The van der Waals surface area contributed by atoms with Gasteiger partial charge in [-0.2, -0.15) is 0 Å². The van der Waals surface area contributed by atoms with Crippen molar-refractivity contribution in [3.05, 3.63) is 12.2 Å². The lowest BCUT2D eigenvalue weighted by molar-refractivity contribution is -0.153. The Bertz CT molecular complexity index is 474. The van der Waals surface area contributed by atoms with Gasteiger partial charge in [0.25, 0.3) is 0 Å². The van der Waals surface area contributed by atoms with Crippen LogP contribution < -0.4 is 0 Å². The molecule has 2 saturated heterocycles. The summed E-state index contributed by atoms with van der Waals surface area (Å²) in [5.74, 6) is -1.18. The van der Waals surface area contributed by atoms with E-state index in [4.69, 9.17) is 9.47 Å². The van der Waals surface area contributed by atoms with E-state index < -0.39 is 17.4 Å². The Labute approximate surface area is 118 Å². The molecule has 0 saturated carbocycles. The van der Waals surface area contributed by atoms with Gasteiger partial charge in [-0.25, -0.2) is 0 Å². The van der Waals surface area contributed by atoms with E-state index in [9.17, 15) is 9.59 Å². The molecule has 0 N–H and O–H groups in total. The number of carbonyl (C=O) groups excluding carboxylic acids is 2. The molecule has 2 fully saturated rings. The third-order valence-electron chi connectivity index (χ3n) is 4.81. The molecule has 2 bridgehead atoms. The van der Waals surface area contributed by atoms with Crippen molar-refractivity contribution in [2.24, 2.45) is 11.8 Å². The molecule has 1 amide bonds. The number of hydrogen-bond donors (Lipinski definition) is 0. The van der Waals surface area contributed by atoms with Crippen molar-refractivity contribution >= 4 is 11.9 Å². The maximum Gasteiger partial charge on any atom is 0.312 e. The highest BCUT2D eigenvalue weighted by molar-refractivity contribution is 5.91. The van der Waals surface area contributed by atoms with Gasteiger partial charge in [-0.05, 0) is 20.3 Å². The fourth-order valence-electron chi connectivity index (χ4n) is 3.63. The predicted molar refractivity (Wildman–Crippen MR) is 71.8 cm³/mol. The zero-order valence-electron chi connectivity index (χ0n) is 12.2. The van der Waals surface area contributed by atoms with Gasteiger partial charge in [-0.3, -0.25) is 9.59 Å². The van der Waals surface area contributed by atoms with Gasteiger partial charge in [0.1, 0.15) is 11.5 Å². The van der Waals surface area contributed by atoms with Crippen molar-refractivity contribution in [2.75, 3.05) is 13.2 Å². The van der Waals surface area contributed by atoms with Crippen LogP contribution in [0.4, 0.5) is 0 Å². The predicted octanol–water partition coefficient (Wildman–Crippen LogP) is 1.13. The molecule has 1 spiro atoms. The van der Waals surface area contributed by atoms with Crippen LogP contribution in [0.5, 0.6) is 0 Å². The first kappa shape index (κ1) is 13.6. The van der Waals surface area contributed by atoms with Crippen LogP contribution in [0.1, 0.15) is 27.2 Å². The monoisotopic (exact) mass is 279 g/mol. The summed E-state index contributed by atoms with van der Waals surface area (Å²) in [4.78, 5) is 26.7. The minimum Gasteiger partial charge on any atom is -0.466 e. The highest BCUT2D eigenvalue weighted by Crippen LogP contribution is 2.52. The van der Waals surface area contributed by atoms with E-state index in [1.54, 1.807) is 6.92 Å². The van der Waals surface area contributed by atoms with E-state index in [1.807, 2.05) is 24.0 Å². The Morgan fingerprint density at radius 1 is 1.60 bits per heavy atom. The Balaban J connectivity index is 1.90. The second-order valence-corrected chi connectivity index (χ2v) is 5.88. The number of ether oxygens (including phenoxy) is 2. The van der Waals surface area contributed by atoms with Crippen molar-refractivity contribution in [3.8, 4) is 0 Å². The molecule has 0 aromatic rings. The highest BCUT2D eigenvalue weighted by Gasteiger charge is 2.67. The molecule has 5 atom stereocenters. The molecule has 0 aliphatic carbocycles. The molecule has 3 aliphatic rings. The SMILES string of the molecule is CCOC(=O)C1C2C=CC3(CN(C(C)CC)C(=O)C13)O2. The molecule has 3 heterocycles. The van der Waals surface area contributed by atoms with Gasteiger partial charge in [-0.15, -0.1) is 0 Å². The summed E-state index contributed by atoms with van der Waals surface area (Å²) in [6.07, 6.45) is 4.47. The van der Waals surface area contributed by atoms with E-state index >= 15 is 0 Å². The van der Waals surface area contributed by atoms with Crippen LogP contribution in [0.3, 0.4) is 0 Å². The zero-order valence-corrected chi connectivity index (χ0v) is 12.2. The van der Waals surface area contributed by atoms with Gasteiger partial charge in [-0.1, -0.05) is 19.1 Å². The molecule has 20 heavy (non-hydrogen) atoms. The van der Waals surface area contributed by atoms with Gasteiger partial charge in [0.2, 0.25) is 5.91 Å². The van der Waals surface area contributed by atoms with E-state index in [-0.39, 0.29) is 24.0 Å². The minimum atomic E-state index is -0.609. The van der Waals surface area contributed by atoms with Crippen molar-refractivity contribution < 1.29 is 19.1 Å². The summed E-state index contributed by atoms with van der Waals surface area (Å²) in [6, 6.07) is 0.168. The van der Waals surface area contributed by atoms with Crippen LogP contribution in [-0.4, -0.2) is 47.7 Å². The van der Waals surface area contributed by atoms with E-state index in [1.165, 1.54) is 0 Å². The minimum absolute atomic E-state index is 0.0317. The molecule has 5 nitrogen and oxygen atoms in total. The largest absolute Gasteiger partial charge is 0.466 e. The Kier molecular flexibility index (Phi) is 3.12. The van der Waals surface area contributed by atoms with Crippen molar-refractivity contribution in [2.45, 2.75) is 44.9 Å². The molecule has 0 aromatic carbocycles. The van der Waals surface area contributed by atoms with E-state index in [0.717, 1.165) is 6.42 Å². The average molecular weight is 279 g/mol. The van der Waals surface area contributed by atoms with Crippen LogP contribution >= 0.6 is 0 Å². The van der Waals surface area contributed by atoms with Crippen LogP contribution in [0, 0.1) is 11.8 Å². The number of rotatable bonds is 4. The summed E-state index contributed by atoms with van der Waals surface area (Å²) >= 11 is 0. The molecule has 3 rings (SSSR count). The van der Waals surface area contributed by atoms with Crippen molar-refractivity contribution in [1.82, 2.24) is 4.90 Å². The molecular formula is C15H21NO4. The summed E-state index contributed by atoms with van der Waals surface area (Å²) < 4.78 is 11.1. The van der Waals surface area contributed by atoms with E-state index in [0.29, 0.717) is 13.2 Å². The number of amides is 1. The lowest BCUT2D eigenvalue weighted by atomic mass is 9.77. The fraction of sp³-hybridized carbons (Fsp3) is 0.733. The summed E-state index contributed by atoms with van der Waals surface area (Å²) in [7, 11) is 0. The van der Waals surface area contributed by atoms with Crippen LogP contribution in [-0.2, 0) is 19.1 Å². The Hall–Kier alpha value is -1.36. The second kappa shape index (κ2) is 4.58. The van der Waals surface area contributed by atoms with Crippen LogP contribution in [0.15, 0.2) is 12.2 Å². The molecule has 5 unspecified atom stereocenters. The normalized spacial score (nSPS) is 39.2. The van der Waals surface area contributed by atoms with Gasteiger partial charge >= 0.3 is 5.97 Å². The molecular weight excluding hydrogens is 258 g/mol. The molecule has 3 aliphatic heterocycles. The topological polar surface area (TPSA) is 55.8 Å². The molecule has 5 heteroatoms. The number of carbonyl (C=O) groups is 2. The Morgan fingerprint density at radius 3 is 3.00 bits per heavy atom. The first-order valence-corrected chi connectivity index (χ1v) is 7.38. The first-order valence-electron chi connectivity index (χ1n) is 7.38. The number of hydrogen-bond acceptors (Lipinski definition) is 4. The average Bonchev–Trinajstić information content (AvgIpc) is 3.06. The van der Waals surface area contributed by atoms with Crippen LogP contribution in [0.25, 0.3) is 0 Å². The first-order chi connectivity index (χ1) is 9.54. The summed E-state index contributed by atoms with van der Waals surface area (Å²) in [5, 5.41) is 0. The number of nitrogens with zero attached hydrogens (tertiary/aromatic N) is 1. The van der Waals surface area contributed by atoms with E-state index in [2.05, 4.69) is 6.92 Å². The van der Waals surface area contributed by atoms with Gasteiger partial charge in [0, 0.05) is 6.04 Å². The van der Waals surface area contributed by atoms with Gasteiger partial charge < -0.3 is 14.4 Å². The fourth-order valence-corrected chi connectivity index (χ4v) is 3.63. The Morgan fingerprint density at radius 2 is 2.35 bits per heavy atom. The molecule has 110 valence electrons. The quantitative estimate of drug-likeness (QED) is 0.572. The lowest BCUT2D eigenvalue weighted by Crippen LogP contribution is -2.41. The van der Waals surface area contributed by atoms with Crippen molar-refractivity contribution in [1.29, 1.82) is 0 Å². The number of fused-ring (bicyclic) bond motifs is 1.